The third kappa shape index (κ3) is 7.62. The van der Waals surface area contributed by atoms with Gasteiger partial charge >= 0.3 is 0 Å². The topological polar surface area (TPSA) is 107 Å². The van der Waals surface area contributed by atoms with Crippen molar-refractivity contribution in [1.82, 2.24) is 10.2 Å². The lowest BCUT2D eigenvalue weighted by atomic mass is 10.1. The summed E-state index contributed by atoms with van der Waals surface area (Å²) in [5.41, 5.74) is 2.18. The SMILES string of the molecule is COc1ccc(S(=O)(=O)N(CC(=O)NCc2ccc(CN3CCOCC3)cc2)c2cc(Cl)ccc2OC)cc1OC. The third-order valence-corrected chi connectivity index (χ3v) is 8.65. The molecule has 0 atom stereocenters. The summed E-state index contributed by atoms with van der Waals surface area (Å²) in [6, 6.07) is 16.7. The molecular formula is C29H34ClN3O7S. The number of nitrogens with one attached hydrogen (secondary N) is 1. The van der Waals surface area contributed by atoms with Crippen molar-refractivity contribution in [3.63, 3.8) is 0 Å². The molecular weight excluding hydrogens is 570 g/mol. The smallest absolute Gasteiger partial charge is 0.265 e. The van der Waals surface area contributed by atoms with Crippen LogP contribution in [0.1, 0.15) is 11.1 Å². The fourth-order valence-corrected chi connectivity index (χ4v) is 6.03. The van der Waals surface area contributed by atoms with Gasteiger partial charge in [-0.3, -0.25) is 14.0 Å². The first-order chi connectivity index (χ1) is 19.7. The molecule has 1 aliphatic heterocycles. The molecule has 220 valence electrons. The van der Waals surface area contributed by atoms with Gasteiger partial charge in [0.1, 0.15) is 12.3 Å². The quantitative estimate of drug-likeness (QED) is 0.334. The summed E-state index contributed by atoms with van der Waals surface area (Å²) in [4.78, 5) is 15.4. The van der Waals surface area contributed by atoms with Crippen molar-refractivity contribution < 1.29 is 32.2 Å². The molecule has 0 saturated carbocycles. The summed E-state index contributed by atoms with van der Waals surface area (Å²) in [7, 11) is 0.00620. The molecule has 41 heavy (non-hydrogen) atoms. The molecule has 0 radical (unpaired) electrons. The van der Waals surface area contributed by atoms with Gasteiger partial charge in [0.25, 0.3) is 10.0 Å². The first-order valence-electron chi connectivity index (χ1n) is 13.0. The van der Waals surface area contributed by atoms with Gasteiger partial charge in [0.15, 0.2) is 11.5 Å². The van der Waals surface area contributed by atoms with Crippen LogP contribution in [0.4, 0.5) is 5.69 Å². The maximum absolute atomic E-state index is 13.9. The van der Waals surface area contributed by atoms with E-state index in [9.17, 15) is 13.2 Å². The lowest BCUT2D eigenvalue weighted by molar-refractivity contribution is -0.119. The molecule has 0 spiro atoms. The number of methoxy groups -OCH3 is 3. The predicted octanol–water partition coefficient (Wildman–Crippen LogP) is 3.71. The molecule has 1 fully saturated rings. The average molecular weight is 604 g/mol. The molecule has 12 heteroatoms. The number of sulfonamides is 1. The number of hydrogen-bond acceptors (Lipinski definition) is 8. The Morgan fingerprint density at radius 2 is 1.54 bits per heavy atom. The second-order valence-electron chi connectivity index (χ2n) is 9.33. The molecule has 0 aromatic heterocycles. The number of ether oxygens (including phenoxy) is 4. The van der Waals surface area contributed by atoms with Crippen molar-refractivity contribution in [2.75, 3.05) is 58.5 Å². The van der Waals surface area contributed by atoms with Gasteiger partial charge in [0.05, 0.1) is 45.1 Å². The summed E-state index contributed by atoms with van der Waals surface area (Å²) < 4.78 is 50.2. The van der Waals surface area contributed by atoms with Crippen LogP contribution in [-0.4, -0.2) is 73.4 Å². The second-order valence-corrected chi connectivity index (χ2v) is 11.6. The fraction of sp³-hybridized carbons (Fsp3) is 0.345. The van der Waals surface area contributed by atoms with Crippen molar-refractivity contribution in [3.8, 4) is 17.2 Å². The van der Waals surface area contributed by atoms with Crippen molar-refractivity contribution >= 4 is 33.2 Å². The molecule has 3 aromatic carbocycles. The Morgan fingerprint density at radius 1 is 0.902 bits per heavy atom. The van der Waals surface area contributed by atoms with Crippen LogP contribution >= 0.6 is 11.6 Å². The number of amides is 1. The van der Waals surface area contributed by atoms with Gasteiger partial charge in [-0.05, 0) is 41.5 Å². The maximum Gasteiger partial charge on any atom is 0.265 e. The number of nitrogens with zero attached hydrogens (tertiary/aromatic N) is 2. The molecule has 1 N–H and O–H groups in total. The zero-order valence-electron chi connectivity index (χ0n) is 23.3. The standard InChI is InChI=1S/C29H34ClN3O7S/c1-37-26-10-8-23(30)16-25(26)33(41(35,36)24-9-11-27(38-2)28(17-24)39-3)20-29(34)31-18-21-4-6-22(7-5-21)19-32-12-14-40-15-13-32/h4-11,16-17H,12-15,18-20H2,1-3H3,(H,31,34). The Balaban J connectivity index is 1.53. The number of morpholine rings is 1. The van der Waals surface area contributed by atoms with Gasteiger partial charge in [-0.2, -0.15) is 0 Å². The molecule has 1 aliphatic rings. The van der Waals surface area contributed by atoms with Crippen LogP contribution in [0.5, 0.6) is 17.2 Å². The van der Waals surface area contributed by atoms with Gasteiger partial charge in [0.2, 0.25) is 5.91 Å². The van der Waals surface area contributed by atoms with Gasteiger partial charge < -0.3 is 24.3 Å². The maximum atomic E-state index is 13.9. The molecule has 1 saturated heterocycles. The van der Waals surface area contributed by atoms with E-state index in [-0.39, 0.29) is 33.6 Å². The van der Waals surface area contributed by atoms with Crippen molar-refractivity contribution in [3.05, 3.63) is 76.8 Å². The van der Waals surface area contributed by atoms with Crippen molar-refractivity contribution in [2.24, 2.45) is 0 Å². The van der Waals surface area contributed by atoms with Crippen LogP contribution in [0.25, 0.3) is 0 Å². The van der Waals surface area contributed by atoms with Crippen LogP contribution in [-0.2, 0) is 32.6 Å². The molecule has 10 nitrogen and oxygen atoms in total. The largest absolute Gasteiger partial charge is 0.495 e. The van der Waals surface area contributed by atoms with E-state index in [2.05, 4.69) is 10.2 Å². The van der Waals surface area contributed by atoms with Crippen LogP contribution in [0.15, 0.2) is 65.6 Å². The van der Waals surface area contributed by atoms with Crippen LogP contribution in [0.2, 0.25) is 5.02 Å². The molecule has 0 aliphatic carbocycles. The van der Waals surface area contributed by atoms with E-state index in [4.69, 9.17) is 30.5 Å². The van der Waals surface area contributed by atoms with Crippen molar-refractivity contribution in [2.45, 2.75) is 18.0 Å². The number of anilines is 1. The minimum atomic E-state index is -4.27. The number of hydrogen-bond donors (Lipinski definition) is 1. The van der Waals surface area contributed by atoms with E-state index < -0.39 is 22.5 Å². The lowest BCUT2D eigenvalue weighted by Gasteiger charge is -2.26. The zero-order valence-corrected chi connectivity index (χ0v) is 24.8. The molecule has 1 heterocycles. The molecule has 3 aromatic rings. The number of halogens is 1. The highest BCUT2D eigenvalue weighted by Crippen LogP contribution is 2.37. The third-order valence-electron chi connectivity index (χ3n) is 6.66. The molecule has 1 amide bonds. The highest BCUT2D eigenvalue weighted by atomic mass is 35.5. The van der Waals surface area contributed by atoms with E-state index in [1.54, 1.807) is 12.1 Å². The number of carbonyl (C=O) groups excluding carboxylic acids is 1. The van der Waals surface area contributed by atoms with Crippen LogP contribution < -0.4 is 23.8 Å². The Morgan fingerprint density at radius 3 is 2.20 bits per heavy atom. The Kier molecular flexibility index (Phi) is 10.3. The van der Waals surface area contributed by atoms with E-state index in [1.165, 1.54) is 51.2 Å². The van der Waals surface area contributed by atoms with E-state index in [1.807, 2.05) is 24.3 Å². The Bertz CT molecular complexity index is 1450. The minimum Gasteiger partial charge on any atom is -0.495 e. The normalized spacial score (nSPS) is 13.9. The Hall–Kier alpha value is -3.51. The van der Waals surface area contributed by atoms with Gasteiger partial charge in [-0.15, -0.1) is 0 Å². The van der Waals surface area contributed by atoms with E-state index >= 15 is 0 Å². The second kappa shape index (κ2) is 13.9. The van der Waals surface area contributed by atoms with Crippen LogP contribution in [0, 0.1) is 0 Å². The zero-order chi connectivity index (χ0) is 29.4. The number of rotatable bonds is 12. The first kappa shape index (κ1) is 30.4. The van der Waals surface area contributed by atoms with Gasteiger partial charge in [-0.1, -0.05) is 35.9 Å². The summed E-state index contributed by atoms with van der Waals surface area (Å²) in [6.07, 6.45) is 0. The van der Waals surface area contributed by atoms with Crippen LogP contribution in [0.3, 0.4) is 0 Å². The van der Waals surface area contributed by atoms with E-state index in [0.717, 1.165) is 42.7 Å². The summed E-state index contributed by atoms with van der Waals surface area (Å²) in [6.45, 7) is 3.83. The predicted molar refractivity (Wildman–Crippen MR) is 156 cm³/mol. The number of benzene rings is 3. The van der Waals surface area contributed by atoms with Gasteiger partial charge in [-0.25, -0.2) is 8.42 Å². The lowest BCUT2D eigenvalue weighted by Crippen LogP contribution is -2.41. The highest BCUT2D eigenvalue weighted by molar-refractivity contribution is 7.92. The van der Waals surface area contributed by atoms with E-state index in [0.29, 0.717) is 5.75 Å². The Labute approximate surface area is 245 Å². The average Bonchev–Trinajstić information content (AvgIpc) is 2.99. The molecule has 4 rings (SSSR count). The van der Waals surface area contributed by atoms with Crippen molar-refractivity contribution in [1.29, 1.82) is 0 Å². The minimum absolute atomic E-state index is 0.0964. The first-order valence-corrected chi connectivity index (χ1v) is 14.8. The van der Waals surface area contributed by atoms with Gasteiger partial charge in [0, 0.05) is 37.3 Å². The summed E-state index contributed by atoms with van der Waals surface area (Å²) in [5, 5.41) is 3.11. The summed E-state index contributed by atoms with van der Waals surface area (Å²) in [5.74, 6) is 0.329. The molecule has 0 bridgehead atoms. The number of carbonyl (C=O) groups is 1. The fourth-order valence-electron chi connectivity index (χ4n) is 4.43. The monoisotopic (exact) mass is 603 g/mol. The summed E-state index contributed by atoms with van der Waals surface area (Å²) >= 11 is 6.23. The highest BCUT2D eigenvalue weighted by Gasteiger charge is 2.30. The molecule has 0 unspecified atom stereocenters.